The van der Waals surface area contributed by atoms with E-state index < -0.39 is 13.3 Å². The van der Waals surface area contributed by atoms with Gasteiger partial charge in [-0.2, -0.15) is 0 Å². The van der Waals surface area contributed by atoms with Gasteiger partial charge < -0.3 is 0 Å². The van der Waals surface area contributed by atoms with Crippen molar-refractivity contribution in [1.82, 2.24) is 0 Å². The summed E-state index contributed by atoms with van der Waals surface area (Å²) in [5, 5.41) is 3.93. The summed E-state index contributed by atoms with van der Waals surface area (Å²) in [7, 11) is 0. The average molecular weight is 354 g/mol. The number of para-hydroxylation sites is 1. The van der Waals surface area contributed by atoms with E-state index in [9.17, 15) is 4.39 Å². The van der Waals surface area contributed by atoms with E-state index in [1.165, 1.54) is 64.7 Å². The molecule has 3 heteroatoms. The number of unbranched alkanes of at least 4 members (excludes halogenated alkanes) is 3. The Kier molecular flexibility index (Phi) is 8.39. The van der Waals surface area contributed by atoms with Crippen molar-refractivity contribution in [1.29, 1.82) is 0 Å². The van der Waals surface area contributed by atoms with Crippen molar-refractivity contribution in [3.05, 3.63) is 24.0 Å². The summed E-state index contributed by atoms with van der Waals surface area (Å²) < 4.78 is 15.2. The van der Waals surface area contributed by atoms with Crippen molar-refractivity contribution in [2.45, 2.75) is 75.1 Å². The van der Waals surface area contributed by atoms with E-state index in [0.717, 1.165) is 0 Å². The normalized spacial score (nSPS) is 11.8. The molecule has 0 bridgehead atoms. The second-order valence-corrected chi connectivity index (χ2v) is 15.9. The van der Waals surface area contributed by atoms with Crippen molar-refractivity contribution in [3.63, 3.8) is 0 Å². The molecule has 0 heterocycles. The zero-order chi connectivity index (χ0) is 15.7. The van der Waals surface area contributed by atoms with Gasteiger partial charge in [0.2, 0.25) is 0 Å². The Bertz CT molecular complexity index is 398. The van der Waals surface area contributed by atoms with Crippen LogP contribution in [0.2, 0.25) is 15.8 Å². The summed E-state index contributed by atoms with van der Waals surface area (Å²) in [5.74, 6) is -0.216. The summed E-state index contributed by atoms with van der Waals surface area (Å²) in [6, 6.07) is 5.51. The molecule has 0 aliphatic heterocycles. The number of rotatable bonds is 10. The summed E-state index contributed by atoms with van der Waals surface area (Å²) in [4.78, 5) is 0. The van der Waals surface area contributed by atoms with Crippen LogP contribution in [0.3, 0.4) is 0 Å². The quantitative estimate of drug-likeness (QED) is 0.438. The second kappa shape index (κ2) is 9.50. The van der Waals surface area contributed by atoms with Gasteiger partial charge >= 0.3 is 133 Å². The number of benzene rings is 1. The Morgan fingerprint density at radius 2 is 1.38 bits per heavy atom. The molecule has 0 aliphatic rings. The summed E-state index contributed by atoms with van der Waals surface area (Å²) >= 11 is -2.28. The average Bonchev–Trinajstić information content (AvgIpc) is 2.50. The molecule has 1 aromatic carbocycles. The van der Waals surface area contributed by atoms with Gasteiger partial charge in [0.05, 0.1) is 0 Å². The van der Waals surface area contributed by atoms with Crippen LogP contribution in [0.1, 0.15) is 59.3 Å². The molecule has 0 atom stereocenters. The van der Waals surface area contributed by atoms with Crippen LogP contribution in [0.25, 0.3) is 0 Å². The topological polar surface area (TPSA) is 26.0 Å². The molecule has 0 radical (unpaired) electrons. The number of anilines is 1. The van der Waals surface area contributed by atoms with E-state index in [0.29, 0.717) is 5.69 Å². The number of hydrogen-bond donors (Lipinski definition) is 1. The minimum absolute atomic E-state index is 0.216. The molecule has 0 aliphatic carbocycles. The monoisotopic (exact) mass is 355 g/mol. The number of hydrogen-bond acceptors (Lipinski definition) is 1. The molecule has 1 aromatic rings. The van der Waals surface area contributed by atoms with Gasteiger partial charge in [-0.1, -0.05) is 0 Å². The fourth-order valence-corrected chi connectivity index (χ4v) is 15.5. The molecule has 0 amide bonds. The summed E-state index contributed by atoms with van der Waals surface area (Å²) in [6.45, 7) is 6.75. The Morgan fingerprint density at radius 1 is 0.905 bits per heavy atom. The summed E-state index contributed by atoms with van der Waals surface area (Å²) in [6.07, 6.45) is 7.47. The zero-order valence-corrected chi connectivity index (χ0v) is 16.1. The van der Waals surface area contributed by atoms with Gasteiger partial charge in [-0.15, -0.1) is 0 Å². The molecular weight excluding hydrogens is 322 g/mol. The molecule has 0 fully saturated rings. The van der Waals surface area contributed by atoms with Gasteiger partial charge in [-0.3, -0.25) is 0 Å². The second-order valence-electron chi connectivity index (χ2n) is 6.29. The van der Waals surface area contributed by atoms with Gasteiger partial charge in [0.15, 0.2) is 0 Å². The van der Waals surface area contributed by atoms with Crippen LogP contribution in [-0.4, -0.2) is 13.3 Å². The van der Waals surface area contributed by atoms with Crippen molar-refractivity contribution >= 4 is 23.3 Å². The van der Waals surface area contributed by atoms with Crippen LogP contribution in [0, 0.1) is 5.82 Å². The molecule has 0 saturated carbocycles. The number of nitrogens with two attached hydrogens (primary N) is 1. The van der Waals surface area contributed by atoms with E-state index in [4.69, 9.17) is 5.73 Å². The first kappa shape index (κ1) is 18.5. The predicted octanol–water partition coefficient (Wildman–Crippen LogP) is 5.46. The molecule has 0 spiro atoms. The maximum absolute atomic E-state index is 14.0. The maximum atomic E-state index is 14.0. The third-order valence-electron chi connectivity index (χ3n) is 4.65. The Balaban J connectivity index is 3.19. The van der Waals surface area contributed by atoms with Crippen molar-refractivity contribution in [2.24, 2.45) is 0 Å². The third kappa shape index (κ3) is 5.01. The molecule has 0 saturated heterocycles. The van der Waals surface area contributed by atoms with Gasteiger partial charge in [-0.05, 0) is 0 Å². The molecule has 0 unspecified atom stereocenters. The zero-order valence-electron chi connectivity index (χ0n) is 14.1. The molecule has 0 aromatic heterocycles. The van der Waals surface area contributed by atoms with Crippen LogP contribution in [-0.2, 0) is 0 Å². The first-order chi connectivity index (χ1) is 10.1. The Hall–Kier alpha value is -0.507. The van der Waals surface area contributed by atoms with Crippen LogP contribution < -0.4 is 10.1 Å². The molecule has 1 nitrogen and oxygen atoms in total. The standard InChI is InChI=1S/C18H32FGeN/c1-4-7-13-20(14-8-5-2,15-9-6-3)17-12-10-11-16(19)18(17)21/h10-12H,4-9,13-15,21H2,1-3H3. The van der Waals surface area contributed by atoms with Crippen LogP contribution in [0.5, 0.6) is 0 Å². The van der Waals surface area contributed by atoms with Gasteiger partial charge in [-0.25, -0.2) is 0 Å². The summed E-state index contributed by atoms with van der Waals surface area (Å²) in [5.41, 5.74) is 6.61. The molecular formula is C18H32FGeN. The number of nitrogen functional groups attached to an aromatic ring is 1. The van der Waals surface area contributed by atoms with Crippen LogP contribution in [0.15, 0.2) is 18.2 Å². The van der Waals surface area contributed by atoms with E-state index >= 15 is 0 Å². The Morgan fingerprint density at radius 3 is 1.81 bits per heavy atom. The van der Waals surface area contributed by atoms with E-state index in [1.54, 1.807) is 0 Å². The molecule has 120 valence electrons. The van der Waals surface area contributed by atoms with Gasteiger partial charge in [0, 0.05) is 0 Å². The SMILES string of the molecule is CCC[CH2][Ge]([CH2]CCC)([CH2]CCC)[c]1cccc(F)c1N. The van der Waals surface area contributed by atoms with Crippen molar-refractivity contribution < 1.29 is 4.39 Å². The first-order valence-electron chi connectivity index (χ1n) is 8.65. The van der Waals surface area contributed by atoms with Crippen molar-refractivity contribution in [2.75, 3.05) is 5.73 Å². The van der Waals surface area contributed by atoms with Gasteiger partial charge in [0.25, 0.3) is 0 Å². The molecule has 1 rings (SSSR count). The van der Waals surface area contributed by atoms with Crippen molar-refractivity contribution in [3.8, 4) is 0 Å². The molecule has 21 heavy (non-hydrogen) atoms. The number of halogens is 1. The van der Waals surface area contributed by atoms with E-state index in [-0.39, 0.29) is 5.82 Å². The fourth-order valence-electron chi connectivity index (χ4n) is 3.32. The van der Waals surface area contributed by atoms with Crippen LogP contribution in [0.4, 0.5) is 10.1 Å². The van der Waals surface area contributed by atoms with E-state index in [1.807, 2.05) is 6.07 Å². The van der Waals surface area contributed by atoms with Crippen LogP contribution >= 0.6 is 0 Å². The third-order valence-corrected chi connectivity index (χ3v) is 16.2. The van der Waals surface area contributed by atoms with Gasteiger partial charge in [0.1, 0.15) is 0 Å². The predicted molar refractivity (Wildman–Crippen MR) is 95.3 cm³/mol. The fraction of sp³-hybridized carbons (Fsp3) is 0.667. The Labute approximate surface area is 132 Å². The first-order valence-corrected chi connectivity index (χ1v) is 14.2. The minimum atomic E-state index is -2.28. The molecule has 2 N–H and O–H groups in total. The van der Waals surface area contributed by atoms with E-state index in [2.05, 4.69) is 26.8 Å².